The van der Waals surface area contributed by atoms with Crippen molar-refractivity contribution in [1.29, 1.82) is 0 Å². The molecule has 1 N–H and O–H groups in total. The van der Waals surface area contributed by atoms with Crippen LogP contribution < -0.4 is 5.32 Å². The molecule has 0 spiro atoms. The Bertz CT molecular complexity index is 1160. The first-order valence-corrected chi connectivity index (χ1v) is 12.2. The van der Waals surface area contributed by atoms with Crippen LogP contribution in [0.3, 0.4) is 0 Å². The van der Waals surface area contributed by atoms with Gasteiger partial charge in [-0.05, 0) is 69.0 Å². The lowest BCUT2D eigenvalue weighted by atomic mass is 9.99. The van der Waals surface area contributed by atoms with Crippen LogP contribution in [-0.2, 0) is 14.8 Å². The molecule has 1 saturated heterocycles. The summed E-state index contributed by atoms with van der Waals surface area (Å²) in [6, 6.07) is 10.9. The Kier molecular flexibility index (Phi) is 5.65. The number of aryl methyl sites for hydroxylation is 3. The van der Waals surface area contributed by atoms with E-state index >= 15 is 0 Å². The minimum absolute atomic E-state index is 0.175. The number of piperidine rings is 1. The fourth-order valence-corrected chi connectivity index (χ4v) is 6.15. The molecule has 1 aromatic heterocycles. The summed E-state index contributed by atoms with van der Waals surface area (Å²) in [5.74, 6) is -0.569. The summed E-state index contributed by atoms with van der Waals surface area (Å²) in [4.78, 5) is 17.7. The van der Waals surface area contributed by atoms with Gasteiger partial charge in [0.2, 0.25) is 15.9 Å². The first-order valence-electron chi connectivity index (χ1n) is 9.99. The van der Waals surface area contributed by atoms with E-state index in [-0.39, 0.29) is 17.3 Å². The Morgan fingerprint density at radius 3 is 2.57 bits per heavy atom. The van der Waals surface area contributed by atoms with Crippen LogP contribution in [0.1, 0.15) is 29.5 Å². The van der Waals surface area contributed by atoms with E-state index < -0.39 is 15.9 Å². The van der Waals surface area contributed by atoms with Gasteiger partial charge in [0, 0.05) is 13.1 Å². The van der Waals surface area contributed by atoms with Gasteiger partial charge in [-0.3, -0.25) is 4.79 Å². The first-order chi connectivity index (χ1) is 14.2. The molecule has 0 radical (unpaired) electrons. The zero-order chi connectivity index (χ0) is 21.5. The summed E-state index contributed by atoms with van der Waals surface area (Å²) in [5, 5.41) is 3.46. The summed E-state index contributed by atoms with van der Waals surface area (Å²) in [6.07, 6.45) is 1.32. The third-order valence-electron chi connectivity index (χ3n) is 5.65. The number of aromatic nitrogens is 1. The van der Waals surface area contributed by atoms with E-state index in [1.165, 1.54) is 21.2 Å². The van der Waals surface area contributed by atoms with Crippen molar-refractivity contribution in [3.05, 3.63) is 53.1 Å². The van der Waals surface area contributed by atoms with E-state index in [1.807, 2.05) is 19.9 Å². The molecular weight excluding hydrogens is 418 g/mol. The second-order valence-electron chi connectivity index (χ2n) is 7.93. The molecule has 0 aliphatic carbocycles. The molecule has 1 aliphatic heterocycles. The van der Waals surface area contributed by atoms with E-state index in [4.69, 9.17) is 0 Å². The minimum Gasteiger partial charge on any atom is -0.302 e. The van der Waals surface area contributed by atoms with Crippen molar-refractivity contribution < 1.29 is 13.2 Å². The molecule has 1 fully saturated rings. The lowest BCUT2D eigenvalue weighted by Crippen LogP contribution is -2.43. The number of nitrogens with zero attached hydrogens (tertiary/aromatic N) is 2. The van der Waals surface area contributed by atoms with Crippen LogP contribution in [0.2, 0.25) is 0 Å². The number of sulfonamides is 1. The molecule has 1 unspecified atom stereocenters. The minimum atomic E-state index is -3.61. The molecule has 2 heterocycles. The fraction of sp³-hybridized carbons (Fsp3) is 0.364. The summed E-state index contributed by atoms with van der Waals surface area (Å²) in [7, 11) is -3.61. The number of rotatable bonds is 4. The quantitative estimate of drug-likeness (QED) is 0.653. The molecule has 8 heteroatoms. The average Bonchev–Trinajstić information content (AvgIpc) is 3.09. The van der Waals surface area contributed by atoms with E-state index in [9.17, 15) is 13.2 Å². The van der Waals surface area contributed by atoms with Crippen molar-refractivity contribution in [1.82, 2.24) is 9.29 Å². The normalized spacial score (nSPS) is 17.9. The van der Waals surface area contributed by atoms with Crippen LogP contribution in [0.4, 0.5) is 5.13 Å². The number of amides is 1. The molecule has 158 valence electrons. The number of carbonyl (C=O) groups is 1. The van der Waals surface area contributed by atoms with Gasteiger partial charge in [-0.2, -0.15) is 4.31 Å². The molecule has 1 aliphatic rings. The Morgan fingerprint density at radius 2 is 1.83 bits per heavy atom. The van der Waals surface area contributed by atoms with Crippen LogP contribution in [0.15, 0.2) is 41.3 Å². The molecule has 0 bridgehead atoms. The lowest BCUT2D eigenvalue weighted by Gasteiger charge is -2.31. The van der Waals surface area contributed by atoms with Gasteiger partial charge in [0.25, 0.3) is 0 Å². The standard InChI is InChI=1S/C22H25N3O3S2/c1-14-6-8-18(9-7-14)30(27,28)25-10-4-5-17(13-25)21(26)24-22-23-19-11-15(2)16(3)12-20(19)29-22/h6-9,11-12,17H,4-5,10,13H2,1-3H3,(H,23,24,26). The number of nitrogens with one attached hydrogen (secondary N) is 1. The van der Waals surface area contributed by atoms with E-state index in [0.717, 1.165) is 21.3 Å². The first kappa shape index (κ1) is 21.0. The molecule has 6 nitrogen and oxygen atoms in total. The van der Waals surface area contributed by atoms with Crippen molar-refractivity contribution in [2.45, 2.75) is 38.5 Å². The van der Waals surface area contributed by atoms with E-state index in [0.29, 0.717) is 24.5 Å². The van der Waals surface area contributed by atoms with Gasteiger partial charge in [0.1, 0.15) is 0 Å². The predicted octanol–water partition coefficient (Wildman–Crippen LogP) is 4.26. The summed E-state index contributed by atoms with van der Waals surface area (Å²) in [6.45, 7) is 6.63. The maximum Gasteiger partial charge on any atom is 0.243 e. The highest BCUT2D eigenvalue weighted by Gasteiger charge is 2.33. The Hall–Kier alpha value is -2.29. The lowest BCUT2D eigenvalue weighted by molar-refractivity contribution is -0.120. The second-order valence-corrected chi connectivity index (χ2v) is 10.9. The van der Waals surface area contributed by atoms with Gasteiger partial charge in [0.05, 0.1) is 21.0 Å². The third-order valence-corrected chi connectivity index (χ3v) is 8.46. The molecule has 4 rings (SSSR count). The van der Waals surface area contributed by atoms with Crippen LogP contribution in [0.25, 0.3) is 10.2 Å². The Morgan fingerprint density at radius 1 is 1.13 bits per heavy atom. The number of fused-ring (bicyclic) bond motifs is 1. The fourth-order valence-electron chi connectivity index (χ4n) is 3.67. The topological polar surface area (TPSA) is 79.4 Å². The third kappa shape index (κ3) is 4.12. The van der Waals surface area contributed by atoms with Crippen LogP contribution in [-0.4, -0.2) is 36.7 Å². The highest BCUT2D eigenvalue weighted by Crippen LogP contribution is 2.30. The summed E-state index contributed by atoms with van der Waals surface area (Å²) >= 11 is 1.44. The predicted molar refractivity (Wildman–Crippen MR) is 120 cm³/mol. The number of thiazole rings is 1. The Labute approximate surface area is 181 Å². The molecule has 0 saturated carbocycles. The molecule has 1 amide bonds. The number of hydrogen-bond acceptors (Lipinski definition) is 5. The van der Waals surface area contributed by atoms with Gasteiger partial charge in [0.15, 0.2) is 5.13 Å². The molecule has 1 atom stereocenters. The SMILES string of the molecule is Cc1ccc(S(=O)(=O)N2CCCC(C(=O)Nc3nc4cc(C)c(C)cc4s3)C2)cc1. The van der Waals surface area contributed by atoms with Crippen LogP contribution in [0.5, 0.6) is 0 Å². The average molecular weight is 444 g/mol. The van der Waals surface area contributed by atoms with Crippen molar-refractivity contribution in [3.63, 3.8) is 0 Å². The largest absolute Gasteiger partial charge is 0.302 e. The molecule has 30 heavy (non-hydrogen) atoms. The number of hydrogen-bond donors (Lipinski definition) is 1. The van der Waals surface area contributed by atoms with Crippen molar-refractivity contribution in [2.24, 2.45) is 5.92 Å². The monoisotopic (exact) mass is 443 g/mol. The Balaban J connectivity index is 1.49. The summed E-state index contributed by atoms with van der Waals surface area (Å²) < 4.78 is 28.4. The van der Waals surface area contributed by atoms with E-state index in [2.05, 4.69) is 23.3 Å². The maximum absolute atomic E-state index is 13.0. The van der Waals surface area contributed by atoms with Gasteiger partial charge in [-0.25, -0.2) is 13.4 Å². The van der Waals surface area contributed by atoms with Crippen molar-refractivity contribution >= 4 is 42.6 Å². The molecule has 2 aromatic carbocycles. The number of benzene rings is 2. The highest BCUT2D eigenvalue weighted by molar-refractivity contribution is 7.89. The summed E-state index contributed by atoms with van der Waals surface area (Å²) in [5.41, 5.74) is 4.22. The second kappa shape index (κ2) is 8.09. The van der Waals surface area contributed by atoms with Crippen molar-refractivity contribution in [2.75, 3.05) is 18.4 Å². The smallest absolute Gasteiger partial charge is 0.243 e. The molecular formula is C22H25N3O3S2. The van der Waals surface area contributed by atoms with Gasteiger partial charge < -0.3 is 5.32 Å². The van der Waals surface area contributed by atoms with Gasteiger partial charge in [-0.15, -0.1) is 0 Å². The van der Waals surface area contributed by atoms with E-state index in [1.54, 1.807) is 24.3 Å². The van der Waals surface area contributed by atoms with Crippen LogP contribution in [0, 0.1) is 26.7 Å². The molecule has 3 aromatic rings. The van der Waals surface area contributed by atoms with Crippen LogP contribution >= 0.6 is 11.3 Å². The van der Waals surface area contributed by atoms with Gasteiger partial charge in [-0.1, -0.05) is 29.0 Å². The highest BCUT2D eigenvalue weighted by atomic mass is 32.2. The zero-order valence-electron chi connectivity index (χ0n) is 17.3. The zero-order valence-corrected chi connectivity index (χ0v) is 18.9. The number of carbonyl (C=O) groups excluding carboxylic acids is 1. The maximum atomic E-state index is 13.0. The van der Waals surface area contributed by atoms with Crippen molar-refractivity contribution in [3.8, 4) is 0 Å². The van der Waals surface area contributed by atoms with Gasteiger partial charge >= 0.3 is 0 Å². The number of anilines is 1.